The molecule has 0 N–H and O–H groups in total. The van der Waals surface area contributed by atoms with E-state index in [0.717, 1.165) is 48.2 Å². The van der Waals surface area contributed by atoms with Gasteiger partial charge in [-0.3, -0.25) is 14.6 Å². The van der Waals surface area contributed by atoms with Crippen LogP contribution in [0.2, 0.25) is 5.02 Å². The molecule has 4 rings (SSSR count). The van der Waals surface area contributed by atoms with Gasteiger partial charge in [-0.25, -0.2) is 4.98 Å². The lowest BCUT2D eigenvalue weighted by molar-refractivity contribution is 0.0391. The quantitative estimate of drug-likeness (QED) is 0.649. The summed E-state index contributed by atoms with van der Waals surface area (Å²) >= 11 is 7.52. The largest absolute Gasteiger partial charge is 0.379 e. The summed E-state index contributed by atoms with van der Waals surface area (Å²) in [7, 11) is 0. The fraction of sp³-hybridized carbons (Fsp3) is 0.300. The van der Waals surface area contributed by atoms with E-state index in [1.165, 1.54) is 0 Å². The number of hydrogen-bond donors (Lipinski definition) is 0. The minimum absolute atomic E-state index is 0.0565. The van der Waals surface area contributed by atoms with Gasteiger partial charge in [-0.1, -0.05) is 35.1 Å². The molecule has 1 fully saturated rings. The molecule has 7 heteroatoms. The number of hydrogen-bond acceptors (Lipinski definition) is 5. The lowest BCUT2D eigenvalue weighted by Gasteiger charge is -2.29. The van der Waals surface area contributed by atoms with Crippen molar-refractivity contribution in [3.8, 4) is 0 Å². The van der Waals surface area contributed by atoms with Gasteiger partial charge in [-0.05, 0) is 36.4 Å². The first-order valence-electron chi connectivity index (χ1n) is 8.94. The van der Waals surface area contributed by atoms with E-state index in [1.807, 2.05) is 24.3 Å². The van der Waals surface area contributed by atoms with Crippen molar-refractivity contribution in [2.45, 2.75) is 0 Å². The van der Waals surface area contributed by atoms with Gasteiger partial charge < -0.3 is 4.74 Å². The molecule has 0 spiro atoms. The van der Waals surface area contributed by atoms with Crippen LogP contribution in [-0.2, 0) is 4.74 Å². The van der Waals surface area contributed by atoms with Crippen LogP contribution < -0.4 is 4.90 Å². The number of anilines is 1. The molecule has 0 aliphatic carbocycles. The van der Waals surface area contributed by atoms with Crippen LogP contribution in [0.4, 0.5) is 5.13 Å². The average Bonchev–Trinajstić information content (AvgIpc) is 3.13. The topological polar surface area (TPSA) is 45.7 Å². The summed E-state index contributed by atoms with van der Waals surface area (Å²) in [5.41, 5.74) is 1.53. The Bertz CT molecular complexity index is 889. The molecular weight excluding hydrogens is 382 g/mol. The standard InChI is InChI=1S/C20H20ClN3O2S/c21-16-7-5-15(6-8-16)19(25)24(10-9-23-11-13-26-14-12-23)20-22-17-3-1-2-4-18(17)27-20/h1-8H,9-14H2. The summed E-state index contributed by atoms with van der Waals surface area (Å²) in [5, 5.41) is 1.34. The molecule has 140 valence electrons. The number of thiazole rings is 1. The predicted molar refractivity (Wildman–Crippen MR) is 110 cm³/mol. The van der Waals surface area contributed by atoms with Gasteiger partial charge in [0.15, 0.2) is 5.13 Å². The van der Waals surface area contributed by atoms with Gasteiger partial charge in [-0.2, -0.15) is 0 Å². The number of fused-ring (bicyclic) bond motifs is 1. The van der Waals surface area contributed by atoms with Crippen LogP contribution in [0.15, 0.2) is 48.5 Å². The Morgan fingerprint density at radius 2 is 1.89 bits per heavy atom. The highest BCUT2D eigenvalue weighted by molar-refractivity contribution is 7.22. The Hall–Kier alpha value is -1.99. The van der Waals surface area contributed by atoms with Crippen LogP contribution in [0.1, 0.15) is 10.4 Å². The SMILES string of the molecule is O=C(c1ccc(Cl)cc1)N(CCN1CCOCC1)c1nc2ccccc2s1. The van der Waals surface area contributed by atoms with Gasteiger partial charge in [0, 0.05) is 36.8 Å². The van der Waals surface area contributed by atoms with E-state index in [-0.39, 0.29) is 5.91 Å². The minimum Gasteiger partial charge on any atom is -0.379 e. The molecule has 0 saturated carbocycles. The number of rotatable bonds is 5. The molecule has 2 aromatic carbocycles. The van der Waals surface area contributed by atoms with Crippen molar-refractivity contribution in [2.24, 2.45) is 0 Å². The zero-order valence-electron chi connectivity index (χ0n) is 14.8. The summed E-state index contributed by atoms with van der Waals surface area (Å²) in [4.78, 5) is 22.0. The number of para-hydroxylation sites is 1. The molecule has 0 radical (unpaired) electrons. The molecule has 3 aromatic rings. The van der Waals surface area contributed by atoms with Gasteiger partial charge in [0.2, 0.25) is 0 Å². The summed E-state index contributed by atoms with van der Waals surface area (Å²) in [6.45, 7) is 4.64. The first-order valence-corrected chi connectivity index (χ1v) is 10.1. The Morgan fingerprint density at radius 3 is 2.63 bits per heavy atom. The molecule has 0 unspecified atom stereocenters. The third kappa shape index (κ3) is 4.30. The van der Waals surface area contributed by atoms with E-state index in [2.05, 4.69) is 4.90 Å². The monoisotopic (exact) mass is 401 g/mol. The summed E-state index contributed by atoms with van der Waals surface area (Å²) in [5.74, 6) is -0.0565. The first-order chi connectivity index (χ1) is 13.2. The highest BCUT2D eigenvalue weighted by Crippen LogP contribution is 2.29. The van der Waals surface area contributed by atoms with Crippen molar-refractivity contribution in [3.05, 3.63) is 59.1 Å². The summed E-state index contributed by atoms with van der Waals surface area (Å²) < 4.78 is 6.49. The van der Waals surface area contributed by atoms with Gasteiger partial charge >= 0.3 is 0 Å². The lowest BCUT2D eigenvalue weighted by Crippen LogP contribution is -2.43. The van der Waals surface area contributed by atoms with Gasteiger partial charge in [0.05, 0.1) is 23.4 Å². The van der Waals surface area contributed by atoms with E-state index in [4.69, 9.17) is 21.3 Å². The van der Waals surface area contributed by atoms with Gasteiger partial charge in [0.25, 0.3) is 5.91 Å². The second-order valence-corrected chi connectivity index (χ2v) is 7.83. The first kappa shape index (κ1) is 18.4. The molecule has 1 aliphatic heterocycles. The molecule has 27 heavy (non-hydrogen) atoms. The number of morpholine rings is 1. The number of benzene rings is 2. The third-order valence-electron chi connectivity index (χ3n) is 4.59. The number of nitrogens with zero attached hydrogens (tertiary/aromatic N) is 3. The van der Waals surface area contributed by atoms with Crippen molar-refractivity contribution in [1.29, 1.82) is 0 Å². The Kier molecular flexibility index (Phi) is 5.69. The number of aromatic nitrogens is 1. The number of amides is 1. The van der Waals surface area contributed by atoms with Crippen LogP contribution in [0, 0.1) is 0 Å². The van der Waals surface area contributed by atoms with Crippen LogP contribution in [0.25, 0.3) is 10.2 Å². The van der Waals surface area contributed by atoms with Crippen molar-refractivity contribution >= 4 is 44.2 Å². The summed E-state index contributed by atoms with van der Waals surface area (Å²) in [6.07, 6.45) is 0. The summed E-state index contributed by atoms with van der Waals surface area (Å²) in [6, 6.07) is 15.0. The molecule has 5 nitrogen and oxygen atoms in total. The number of ether oxygens (including phenoxy) is 1. The van der Waals surface area contributed by atoms with Crippen LogP contribution in [0.3, 0.4) is 0 Å². The molecule has 0 atom stereocenters. The molecule has 1 saturated heterocycles. The zero-order valence-corrected chi connectivity index (χ0v) is 16.4. The van der Waals surface area contributed by atoms with Crippen LogP contribution in [0.5, 0.6) is 0 Å². The fourth-order valence-electron chi connectivity index (χ4n) is 3.07. The highest BCUT2D eigenvalue weighted by Gasteiger charge is 2.22. The molecule has 1 amide bonds. The van der Waals surface area contributed by atoms with Crippen molar-refractivity contribution < 1.29 is 9.53 Å². The number of carbonyl (C=O) groups is 1. The number of carbonyl (C=O) groups excluding carboxylic acids is 1. The van der Waals surface area contributed by atoms with E-state index in [0.29, 0.717) is 17.1 Å². The van der Waals surface area contributed by atoms with Gasteiger partial charge in [-0.15, -0.1) is 0 Å². The third-order valence-corrected chi connectivity index (χ3v) is 5.90. The maximum absolute atomic E-state index is 13.2. The predicted octanol–water partition coefficient (Wildman–Crippen LogP) is 3.93. The van der Waals surface area contributed by atoms with E-state index in [1.54, 1.807) is 40.5 Å². The smallest absolute Gasteiger partial charge is 0.260 e. The van der Waals surface area contributed by atoms with Crippen molar-refractivity contribution in [2.75, 3.05) is 44.3 Å². The second-order valence-electron chi connectivity index (χ2n) is 6.38. The van der Waals surface area contributed by atoms with Crippen molar-refractivity contribution in [3.63, 3.8) is 0 Å². The average molecular weight is 402 g/mol. The molecule has 0 bridgehead atoms. The van der Waals surface area contributed by atoms with E-state index >= 15 is 0 Å². The van der Waals surface area contributed by atoms with Gasteiger partial charge in [0.1, 0.15) is 0 Å². The van der Waals surface area contributed by atoms with E-state index < -0.39 is 0 Å². The van der Waals surface area contributed by atoms with Crippen LogP contribution >= 0.6 is 22.9 Å². The van der Waals surface area contributed by atoms with Crippen LogP contribution in [-0.4, -0.2) is 55.2 Å². The Morgan fingerprint density at radius 1 is 1.15 bits per heavy atom. The fourth-order valence-corrected chi connectivity index (χ4v) is 4.19. The Labute approximate surface area is 167 Å². The van der Waals surface area contributed by atoms with Crippen molar-refractivity contribution in [1.82, 2.24) is 9.88 Å². The minimum atomic E-state index is -0.0565. The zero-order chi connectivity index (χ0) is 18.6. The number of halogens is 1. The Balaban J connectivity index is 1.61. The maximum Gasteiger partial charge on any atom is 0.260 e. The lowest BCUT2D eigenvalue weighted by atomic mass is 10.2. The molecular formula is C20H20ClN3O2S. The molecule has 2 heterocycles. The highest BCUT2D eigenvalue weighted by atomic mass is 35.5. The molecule has 1 aromatic heterocycles. The second kappa shape index (κ2) is 8.35. The molecule has 1 aliphatic rings. The maximum atomic E-state index is 13.2. The van der Waals surface area contributed by atoms with E-state index in [9.17, 15) is 4.79 Å². The normalized spacial score (nSPS) is 15.1.